The van der Waals surface area contributed by atoms with Gasteiger partial charge in [0, 0.05) is 90.6 Å². The second-order valence-corrected chi connectivity index (χ2v) is 26.9. The van der Waals surface area contributed by atoms with Gasteiger partial charge >= 0.3 is 5.69 Å². The molecule has 6 aliphatic rings. The molecule has 8 aromatic rings. The van der Waals surface area contributed by atoms with Gasteiger partial charge in [-0.05, 0) is 176 Å². The van der Waals surface area contributed by atoms with Crippen LogP contribution < -0.4 is 34.3 Å². The van der Waals surface area contributed by atoms with Crippen molar-refractivity contribution in [3.63, 3.8) is 0 Å². The van der Waals surface area contributed by atoms with Crippen LogP contribution in [0.1, 0.15) is 86.3 Å². The summed E-state index contributed by atoms with van der Waals surface area (Å²) in [6, 6.07) is 55.5. The number of amides is 7. The Morgan fingerprint density at radius 3 is 1.36 bits per heavy atom. The van der Waals surface area contributed by atoms with E-state index in [9.17, 15) is 52.9 Å². The highest BCUT2D eigenvalue weighted by Crippen LogP contribution is 2.48. The highest BCUT2D eigenvalue weighted by molar-refractivity contribution is 9.11. The second kappa shape index (κ2) is 32.2. The Kier molecular flexibility index (Phi) is 23.4. The van der Waals surface area contributed by atoms with Gasteiger partial charge in [-0.15, -0.1) is 0 Å². The number of methoxy groups -OCH3 is 1. The van der Waals surface area contributed by atoms with Gasteiger partial charge in [0.2, 0.25) is 35.4 Å². The van der Waals surface area contributed by atoms with Crippen LogP contribution in [0.2, 0.25) is 0 Å². The van der Waals surface area contributed by atoms with E-state index < -0.39 is 16.4 Å². The molecule has 0 unspecified atom stereocenters. The zero-order valence-electron chi connectivity index (χ0n) is 54.9. The topological polar surface area (TPSA) is 212 Å². The van der Waals surface area contributed by atoms with Crippen LogP contribution in [0.15, 0.2) is 207 Å². The largest absolute Gasteiger partial charge is 0.385 e. The van der Waals surface area contributed by atoms with E-state index in [-0.39, 0.29) is 72.0 Å². The number of Topliss-reactive ketones (excluding diaryl/α,β-unsaturated/α-hetero) is 1. The first-order chi connectivity index (χ1) is 47.5. The van der Waals surface area contributed by atoms with Crippen molar-refractivity contribution in [3.8, 4) is 0 Å². The summed E-state index contributed by atoms with van der Waals surface area (Å²) in [5.41, 5.74) is 10.7. The molecule has 0 spiro atoms. The number of unbranched alkanes of at least 4 members (excludes halogenated alkanes) is 1. The Morgan fingerprint density at radius 1 is 0.465 bits per heavy atom. The SMILES string of the molecule is CN1C(=O)CC(=O)Cc2cc(Br)ccc21.CN1C(=O)CC(=O)N(c2ccccc2)c2cc(Br)ccc21.CN1C(=O)CC(=O)N(c2ccccc2)c2cc(C3CC3)ccc21.COCCC/C=C1/C(=O)N(C)c2ccc(C3CC3)cc2N(c2ccccc2)C1=O.O=[N+]([O-])c1cc(Br)ccc1F. The number of anilines is 10. The van der Waals surface area contributed by atoms with Gasteiger partial charge in [0.05, 0.1) is 45.5 Å². The van der Waals surface area contributed by atoms with Crippen molar-refractivity contribution in [3.05, 3.63) is 240 Å². The number of nitrogens with zero attached hydrogens (tertiary/aromatic N) is 8. The molecule has 508 valence electrons. The number of allylic oxidation sites excluding steroid dienone is 1. The summed E-state index contributed by atoms with van der Waals surface area (Å²) in [6.45, 7) is 0.593. The highest BCUT2D eigenvalue weighted by Gasteiger charge is 2.38. The number of para-hydroxylation sites is 3. The first-order valence-electron chi connectivity index (χ1n) is 31.9. The minimum absolute atomic E-state index is 0.00278. The fourth-order valence-electron chi connectivity index (χ4n) is 11.7. The molecule has 2 fully saturated rings. The minimum atomic E-state index is -0.821. The van der Waals surface area contributed by atoms with Gasteiger partial charge in [-0.2, -0.15) is 4.39 Å². The van der Waals surface area contributed by atoms with E-state index in [4.69, 9.17) is 4.74 Å². The molecule has 2 saturated carbocycles. The first-order valence-corrected chi connectivity index (χ1v) is 34.3. The summed E-state index contributed by atoms with van der Waals surface area (Å²) in [4.78, 5) is 120. The van der Waals surface area contributed by atoms with E-state index >= 15 is 0 Å². The molecule has 0 atom stereocenters. The first kappa shape index (κ1) is 71.9. The predicted octanol–water partition coefficient (Wildman–Crippen LogP) is 16.1. The molecule has 7 amide bonds. The molecule has 23 heteroatoms. The number of hydrogen-bond donors (Lipinski definition) is 0. The van der Waals surface area contributed by atoms with Crippen molar-refractivity contribution < 1.29 is 52.4 Å². The van der Waals surface area contributed by atoms with Crippen LogP contribution in [-0.2, 0) is 49.5 Å². The Morgan fingerprint density at radius 2 is 0.879 bits per heavy atom. The van der Waals surface area contributed by atoms with E-state index in [2.05, 4.69) is 72.1 Å². The predicted molar refractivity (Wildman–Crippen MR) is 392 cm³/mol. The van der Waals surface area contributed by atoms with Crippen LogP contribution in [-0.4, -0.2) is 94.0 Å². The number of ketones is 1. The van der Waals surface area contributed by atoms with E-state index in [0.717, 1.165) is 84.2 Å². The maximum atomic E-state index is 13.6. The monoisotopic (exact) mass is 1530 g/mol. The van der Waals surface area contributed by atoms with Crippen molar-refractivity contribution in [1.82, 2.24) is 0 Å². The third-order valence-corrected chi connectivity index (χ3v) is 18.7. The van der Waals surface area contributed by atoms with Gasteiger partial charge < -0.3 is 24.3 Å². The maximum Gasteiger partial charge on any atom is 0.305 e. The summed E-state index contributed by atoms with van der Waals surface area (Å²) in [5.74, 6) is -1.17. The third-order valence-electron chi connectivity index (χ3n) is 17.2. The highest BCUT2D eigenvalue weighted by atomic mass is 79.9. The molecule has 0 saturated heterocycles. The molecule has 99 heavy (non-hydrogen) atoms. The number of nitro groups is 1. The van der Waals surface area contributed by atoms with Gasteiger partial charge in [0.1, 0.15) is 24.2 Å². The molecular weight excluding hydrogens is 1460 g/mol. The summed E-state index contributed by atoms with van der Waals surface area (Å²) in [5, 5.41) is 10.1. The molecule has 0 radical (unpaired) electrons. The van der Waals surface area contributed by atoms with Crippen molar-refractivity contribution in [2.24, 2.45) is 0 Å². The number of benzene rings is 8. The lowest BCUT2D eigenvalue weighted by Crippen LogP contribution is -2.32. The molecule has 19 nitrogen and oxygen atoms in total. The van der Waals surface area contributed by atoms with Crippen LogP contribution in [0.4, 0.5) is 67.0 Å². The lowest BCUT2D eigenvalue weighted by Gasteiger charge is -2.24. The zero-order chi connectivity index (χ0) is 70.8. The number of nitro benzene ring substituents is 1. The average molecular weight is 1530 g/mol. The smallest absolute Gasteiger partial charge is 0.305 e. The summed E-state index contributed by atoms with van der Waals surface area (Å²) < 4.78 is 19.9. The molecular formula is C76H70Br3FN8O11. The van der Waals surface area contributed by atoms with Crippen LogP contribution in [0, 0.1) is 15.9 Å². The molecule has 4 aliphatic heterocycles. The lowest BCUT2D eigenvalue weighted by molar-refractivity contribution is -0.387. The van der Waals surface area contributed by atoms with Crippen LogP contribution in [0.25, 0.3) is 0 Å². The standard InChI is InChI=1S/C24H26N2O3.C19H18N2O2.C16H13BrN2O2.C11H10BrNO2.C6H3BrFNO2/c1-25-21-14-13-18(17-11-12-17)16-22(21)26(19-8-4-3-5-9-19)24(28)20(23(25)27)10-6-7-15-29-2;1-20-16-10-9-14(13-7-8-13)11-17(16)21(19(23)12-18(20)22)15-5-3-2-4-6-15;1-18-13-8-7-11(17)9-14(13)19(16(21)10-15(18)20)12-5-3-2-4-6-12;1-13-10-3-2-8(12)4-7(10)5-9(14)6-11(13)15;7-4-1-2-5(8)6(3-4)9(10)11/h3-5,8-10,13-14,16-17H,6-7,11-12,15H2,1-2H3;2-6,9-11,13H,7-8,12H2,1H3;2-9H,10H2,1H3;2-4H,5-6H2,1H3;1-3H/b20-10-;;;;. The number of carbonyl (C=O) groups is 8. The van der Waals surface area contributed by atoms with Gasteiger partial charge in [-0.25, -0.2) is 0 Å². The zero-order valence-corrected chi connectivity index (χ0v) is 59.7. The molecule has 2 aliphatic carbocycles. The number of fused-ring (bicyclic) bond motifs is 4. The second-order valence-electron chi connectivity index (χ2n) is 24.1. The number of hydrogen-bond acceptors (Lipinski definition) is 11. The van der Waals surface area contributed by atoms with Crippen molar-refractivity contribution in [2.75, 3.05) is 76.2 Å². The lowest BCUT2D eigenvalue weighted by atomic mass is 10.1. The number of likely N-dealkylation sites (N-methyl/N-ethyl adjacent to an activating group) is 1. The number of rotatable bonds is 10. The summed E-state index contributed by atoms with van der Waals surface area (Å²) >= 11 is 9.78. The molecule has 0 N–H and O–H groups in total. The van der Waals surface area contributed by atoms with E-state index in [1.165, 1.54) is 47.8 Å². The van der Waals surface area contributed by atoms with Gasteiger partial charge in [-0.1, -0.05) is 121 Å². The van der Waals surface area contributed by atoms with Gasteiger partial charge in [0.25, 0.3) is 11.8 Å². The molecule has 0 bridgehead atoms. The van der Waals surface area contributed by atoms with Gasteiger partial charge in [0.15, 0.2) is 0 Å². The Bertz CT molecular complexity index is 4460. The number of ether oxygens (including phenoxy) is 1. The fourth-order valence-corrected chi connectivity index (χ4v) is 12.8. The number of halogens is 4. The molecule has 8 aromatic carbocycles. The van der Waals surface area contributed by atoms with Crippen molar-refractivity contribution >= 4 is 157 Å². The summed E-state index contributed by atoms with van der Waals surface area (Å²) in [6.07, 6.45) is 7.97. The van der Waals surface area contributed by atoms with Crippen LogP contribution >= 0.6 is 47.8 Å². The van der Waals surface area contributed by atoms with Crippen LogP contribution in [0.3, 0.4) is 0 Å². The van der Waals surface area contributed by atoms with E-state index in [1.807, 2.05) is 140 Å². The minimum Gasteiger partial charge on any atom is -0.385 e. The Labute approximate surface area is 597 Å². The fraction of sp³-hybridized carbons (Fsp3) is 0.237. The van der Waals surface area contributed by atoms with Gasteiger partial charge in [-0.3, -0.25) is 63.2 Å². The number of carbonyl (C=O) groups excluding carboxylic acids is 8. The van der Waals surface area contributed by atoms with E-state index in [1.54, 1.807) is 70.8 Å². The molecule has 4 heterocycles. The quantitative estimate of drug-likeness (QED) is 0.0314. The maximum absolute atomic E-state index is 13.6. The Hall–Kier alpha value is -9.81. The normalized spacial score (nSPS) is 16.2. The van der Waals surface area contributed by atoms with E-state index in [0.29, 0.717) is 41.4 Å². The van der Waals surface area contributed by atoms with Crippen molar-refractivity contribution in [1.29, 1.82) is 0 Å². The van der Waals surface area contributed by atoms with Crippen LogP contribution in [0.5, 0.6) is 0 Å². The molecule has 0 aromatic heterocycles. The average Bonchev–Trinajstić information content (AvgIpc) is 1.67. The Balaban J connectivity index is 0.000000138. The third kappa shape index (κ3) is 17.2. The summed E-state index contributed by atoms with van der Waals surface area (Å²) in [7, 11) is 8.51. The van der Waals surface area contributed by atoms with Crippen molar-refractivity contribution in [2.45, 2.75) is 76.0 Å². The molecule has 14 rings (SSSR count).